The highest BCUT2D eigenvalue weighted by Crippen LogP contribution is 2.30. The lowest BCUT2D eigenvalue weighted by Gasteiger charge is -2.33. The zero-order valence-corrected chi connectivity index (χ0v) is 9.80. The lowest BCUT2D eigenvalue weighted by atomic mass is 10.0. The van der Waals surface area contributed by atoms with Gasteiger partial charge >= 0.3 is 0 Å². The summed E-state index contributed by atoms with van der Waals surface area (Å²) in [5, 5.41) is 5.55. The Morgan fingerprint density at radius 1 is 1.40 bits per heavy atom. The van der Waals surface area contributed by atoms with Crippen LogP contribution >= 0.6 is 11.3 Å². The Morgan fingerprint density at radius 2 is 2.27 bits per heavy atom. The van der Waals surface area contributed by atoms with Crippen LogP contribution in [0.15, 0.2) is 17.5 Å². The Bertz CT molecular complexity index is 301. The van der Waals surface area contributed by atoms with E-state index in [0.29, 0.717) is 0 Å². The van der Waals surface area contributed by atoms with Crippen molar-refractivity contribution in [1.82, 2.24) is 10.2 Å². The molecule has 3 rings (SSSR count). The minimum Gasteiger partial charge on any atom is -0.316 e. The van der Waals surface area contributed by atoms with E-state index in [1.165, 1.54) is 43.9 Å². The van der Waals surface area contributed by atoms with Crippen LogP contribution in [0.2, 0.25) is 0 Å². The normalized spacial score (nSPS) is 21.9. The van der Waals surface area contributed by atoms with Gasteiger partial charge in [0, 0.05) is 37.1 Å². The molecule has 0 bridgehead atoms. The molecule has 0 unspecified atom stereocenters. The van der Waals surface area contributed by atoms with E-state index in [1.807, 2.05) is 11.3 Å². The zero-order valence-electron chi connectivity index (χ0n) is 8.98. The van der Waals surface area contributed by atoms with E-state index in [4.69, 9.17) is 0 Å². The first kappa shape index (κ1) is 9.82. The molecule has 0 spiro atoms. The summed E-state index contributed by atoms with van der Waals surface area (Å²) in [6.07, 6.45) is 2.84. The van der Waals surface area contributed by atoms with Gasteiger partial charge in [0.1, 0.15) is 0 Å². The summed E-state index contributed by atoms with van der Waals surface area (Å²) in [4.78, 5) is 4.21. The molecule has 0 radical (unpaired) electrons. The van der Waals surface area contributed by atoms with E-state index in [0.717, 1.165) is 12.0 Å². The van der Waals surface area contributed by atoms with Crippen LogP contribution in [0.5, 0.6) is 0 Å². The molecule has 1 aliphatic heterocycles. The fourth-order valence-corrected chi connectivity index (χ4v) is 2.92. The third-order valence-corrected chi connectivity index (χ3v) is 4.22. The molecule has 0 aromatic carbocycles. The second kappa shape index (κ2) is 4.24. The molecule has 0 atom stereocenters. The van der Waals surface area contributed by atoms with Gasteiger partial charge in [0.25, 0.3) is 0 Å². The molecule has 1 aliphatic carbocycles. The predicted molar refractivity (Wildman–Crippen MR) is 64.1 cm³/mol. The molecule has 3 heteroatoms. The van der Waals surface area contributed by atoms with Crippen LogP contribution in [0.1, 0.15) is 17.7 Å². The van der Waals surface area contributed by atoms with Crippen molar-refractivity contribution in [2.45, 2.75) is 25.4 Å². The van der Waals surface area contributed by atoms with E-state index in [2.05, 4.69) is 27.7 Å². The van der Waals surface area contributed by atoms with E-state index < -0.39 is 0 Å². The van der Waals surface area contributed by atoms with Gasteiger partial charge < -0.3 is 5.32 Å². The Kier molecular flexibility index (Phi) is 2.77. The standard InChI is InChI=1S/C12H18N2S/c1-2-12(15-5-1)9-14(11-3-4-11)8-10-6-13-7-10/h1-2,5,10-11,13H,3-4,6-9H2. The van der Waals surface area contributed by atoms with E-state index >= 15 is 0 Å². The molecule has 2 nitrogen and oxygen atoms in total. The number of rotatable bonds is 5. The van der Waals surface area contributed by atoms with Gasteiger partial charge in [0.05, 0.1) is 0 Å². The summed E-state index contributed by atoms with van der Waals surface area (Å²) in [6.45, 7) is 4.94. The smallest absolute Gasteiger partial charge is 0.0330 e. The minimum absolute atomic E-state index is 0.896. The van der Waals surface area contributed by atoms with Crippen LogP contribution in [0.25, 0.3) is 0 Å². The summed E-state index contributed by atoms with van der Waals surface area (Å²) in [7, 11) is 0. The number of hydrogen-bond acceptors (Lipinski definition) is 3. The third-order valence-electron chi connectivity index (χ3n) is 3.36. The SMILES string of the molecule is c1csc(CN(CC2CNC2)C2CC2)c1. The van der Waals surface area contributed by atoms with Crippen molar-refractivity contribution in [1.29, 1.82) is 0 Å². The maximum Gasteiger partial charge on any atom is 0.0330 e. The van der Waals surface area contributed by atoms with E-state index in [1.54, 1.807) is 0 Å². The molecule has 1 aromatic heterocycles. The Morgan fingerprint density at radius 3 is 2.80 bits per heavy atom. The highest BCUT2D eigenvalue weighted by molar-refractivity contribution is 7.09. The fraction of sp³-hybridized carbons (Fsp3) is 0.667. The molecular formula is C12H18N2S. The lowest BCUT2D eigenvalue weighted by molar-refractivity contribution is 0.179. The van der Waals surface area contributed by atoms with Crippen molar-refractivity contribution in [3.05, 3.63) is 22.4 Å². The van der Waals surface area contributed by atoms with Crippen LogP contribution in [0, 0.1) is 5.92 Å². The van der Waals surface area contributed by atoms with Gasteiger partial charge in [-0.15, -0.1) is 11.3 Å². The van der Waals surface area contributed by atoms with E-state index in [9.17, 15) is 0 Å². The van der Waals surface area contributed by atoms with Crippen molar-refractivity contribution in [3.63, 3.8) is 0 Å². The van der Waals surface area contributed by atoms with E-state index in [-0.39, 0.29) is 0 Å². The molecule has 2 heterocycles. The average molecular weight is 222 g/mol. The average Bonchev–Trinajstić information content (AvgIpc) is 2.89. The highest BCUT2D eigenvalue weighted by Gasteiger charge is 2.31. The van der Waals surface area contributed by atoms with Gasteiger partial charge in [-0.25, -0.2) is 0 Å². The molecule has 82 valence electrons. The Balaban J connectivity index is 1.57. The van der Waals surface area contributed by atoms with Crippen LogP contribution < -0.4 is 5.32 Å². The monoisotopic (exact) mass is 222 g/mol. The second-order valence-corrected chi connectivity index (χ2v) is 5.80. The summed E-state index contributed by atoms with van der Waals surface area (Å²) in [5.41, 5.74) is 0. The fourth-order valence-electron chi connectivity index (χ4n) is 2.19. The van der Waals surface area contributed by atoms with Gasteiger partial charge in [-0.05, 0) is 30.2 Å². The van der Waals surface area contributed by atoms with Crippen molar-refractivity contribution < 1.29 is 0 Å². The van der Waals surface area contributed by atoms with Crippen LogP contribution in [-0.4, -0.2) is 30.6 Å². The molecule has 1 aromatic rings. The van der Waals surface area contributed by atoms with Gasteiger partial charge in [0.2, 0.25) is 0 Å². The van der Waals surface area contributed by atoms with Crippen molar-refractivity contribution in [3.8, 4) is 0 Å². The Hall–Kier alpha value is -0.380. The quantitative estimate of drug-likeness (QED) is 0.819. The van der Waals surface area contributed by atoms with Crippen molar-refractivity contribution >= 4 is 11.3 Å². The van der Waals surface area contributed by atoms with Crippen molar-refractivity contribution in [2.75, 3.05) is 19.6 Å². The molecule has 0 amide bonds. The predicted octanol–water partition coefficient (Wildman–Crippen LogP) is 1.93. The molecule has 15 heavy (non-hydrogen) atoms. The first-order valence-electron chi connectivity index (χ1n) is 5.89. The molecule has 1 saturated carbocycles. The van der Waals surface area contributed by atoms with Crippen LogP contribution in [-0.2, 0) is 6.54 Å². The van der Waals surface area contributed by atoms with Gasteiger partial charge in [0.15, 0.2) is 0 Å². The zero-order chi connectivity index (χ0) is 10.1. The summed E-state index contributed by atoms with van der Waals surface area (Å²) < 4.78 is 0. The molecule has 1 saturated heterocycles. The largest absolute Gasteiger partial charge is 0.316 e. The molecule has 2 aliphatic rings. The summed E-state index contributed by atoms with van der Waals surface area (Å²) >= 11 is 1.89. The van der Waals surface area contributed by atoms with Gasteiger partial charge in [-0.1, -0.05) is 6.07 Å². The number of hydrogen-bond donors (Lipinski definition) is 1. The molecule has 2 fully saturated rings. The number of thiophene rings is 1. The van der Waals surface area contributed by atoms with Crippen molar-refractivity contribution in [2.24, 2.45) is 5.92 Å². The highest BCUT2D eigenvalue weighted by atomic mass is 32.1. The Labute approximate surface area is 95.3 Å². The second-order valence-electron chi connectivity index (χ2n) is 4.76. The maximum absolute atomic E-state index is 3.36. The number of nitrogens with one attached hydrogen (secondary N) is 1. The van der Waals surface area contributed by atoms with Crippen LogP contribution in [0.3, 0.4) is 0 Å². The lowest BCUT2D eigenvalue weighted by Crippen LogP contribution is -2.48. The van der Waals surface area contributed by atoms with Gasteiger partial charge in [-0.2, -0.15) is 0 Å². The minimum atomic E-state index is 0.896. The van der Waals surface area contributed by atoms with Crippen LogP contribution in [0.4, 0.5) is 0 Å². The molecular weight excluding hydrogens is 204 g/mol. The maximum atomic E-state index is 3.36. The first-order valence-corrected chi connectivity index (χ1v) is 6.77. The number of nitrogens with zero attached hydrogens (tertiary/aromatic N) is 1. The first-order chi connectivity index (χ1) is 7.42. The third kappa shape index (κ3) is 2.41. The molecule has 1 N–H and O–H groups in total. The summed E-state index contributed by atoms with van der Waals surface area (Å²) in [5.74, 6) is 0.908. The summed E-state index contributed by atoms with van der Waals surface area (Å²) in [6, 6.07) is 5.32. The van der Waals surface area contributed by atoms with Gasteiger partial charge in [-0.3, -0.25) is 4.90 Å². The topological polar surface area (TPSA) is 15.3 Å².